The van der Waals surface area contributed by atoms with E-state index in [1.54, 1.807) is 42.5 Å². The summed E-state index contributed by atoms with van der Waals surface area (Å²) in [6, 6.07) is 13.0. The molecule has 0 bridgehead atoms. The monoisotopic (exact) mass is 321 g/mol. The molecule has 0 saturated heterocycles. The molecule has 0 radical (unpaired) electrons. The topological polar surface area (TPSA) is 49.3 Å². The molecular weight excluding hydrogens is 305 g/mol. The number of hydrogen-bond donors (Lipinski definition) is 2. The van der Waals surface area contributed by atoms with E-state index in [9.17, 15) is 14.3 Å². The SMILES string of the molecule is O=C(NCCCc1ccccc1F)C(O)c1ccc(Cl)cc1. The number of nitrogens with one attached hydrogen (secondary N) is 1. The number of carbonyl (C=O) groups excluding carboxylic acids is 1. The summed E-state index contributed by atoms with van der Waals surface area (Å²) in [5.74, 6) is -0.717. The molecule has 0 aliphatic heterocycles. The van der Waals surface area contributed by atoms with Crippen LogP contribution in [-0.2, 0) is 11.2 Å². The Bertz CT molecular complexity index is 631. The van der Waals surface area contributed by atoms with Crippen LogP contribution in [0.3, 0.4) is 0 Å². The maximum absolute atomic E-state index is 13.4. The van der Waals surface area contributed by atoms with Gasteiger partial charge in [-0.1, -0.05) is 41.9 Å². The summed E-state index contributed by atoms with van der Waals surface area (Å²) in [4.78, 5) is 11.8. The summed E-state index contributed by atoms with van der Waals surface area (Å²) < 4.78 is 13.4. The Labute approximate surface area is 133 Å². The number of rotatable bonds is 6. The van der Waals surface area contributed by atoms with E-state index in [2.05, 4.69) is 5.32 Å². The molecule has 0 aliphatic carbocycles. The highest BCUT2D eigenvalue weighted by Gasteiger charge is 2.16. The molecule has 0 aliphatic rings. The molecule has 3 nitrogen and oxygen atoms in total. The molecule has 1 atom stereocenters. The number of halogens is 2. The standard InChI is InChI=1S/C17H17ClFNO2/c18-14-9-7-13(8-10-14)16(21)17(22)20-11-3-5-12-4-1-2-6-15(12)19/h1-2,4,6-10,16,21H,3,5,11H2,(H,20,22). The highest BCUT2D eigenvalue weighted by Crippen LogP contribution is 2.16. The summed E-state index contributed by atoms with van der Waals surface area (Å²) in [6.07, 6.45) is -0.102. The molecule has 0 spiro atoms. The summed E-state index contributed by atoms with van der Waals surface area (Å²) >= 11 is 5.76. The molecule has 2 aromatic carbocycles. The Hall–Kier alpha value is -1.91. The van der Waals surface area contributed by atoms with Gasteiger partial charge in [-0.15, -0.1) is 0 Å². The second-order valence-corrected chi connectivity index (χ2v) is 5.38. The van der Waals surface area contributed by atoms with Crippen molar-refractivity contribution in [3.05, 3.63) is 70.5 Å². The smallest absolute Gasteiger partial charge is 0.253 e. The quantitative estimate of drug-likeness (QED) is 0.802. The van der Waals surface area contributed by atoms with E-state index in [4.69, 9.17) is 11.6 Å². The molecule has 116 valence electrons. The molecule has 0 saturated carbocycles. The first-order valence-electron chi connectivity index (χ1n) is 7.02. The number of aryl methyl sites for hydroxylation is 1. The van der Waals surface area contributed by atoms with E-state index in [1.807, 2.05) is 0 Å². The predicted octanol–water partition coefficient (Wildman–Crippen LogP) is 3.26. The van der Waals surface area contributed by atoms with Crippen LogP contribution in [0.2, 0.25) is 5.02 Å². The van der Waals surface area contributed by atoms with Crippen LogP contribution in [0.15, 0.2) is 48.5 Å². The lowest BCUT2D eigenvalue weighted by atomic mass is 10.1. The number of carbonyl (C=O) groups is 1. The van der Waals surface area contributed by atoms with Crippen molar-refractivity contribution in [2.24, 2.45) is 0 Å². The minimum atomic E-state index is -1.23. The molecule has 0 fully saturated rings. The van der Waals surface area contributed by atoms with Crippen molar-refractivity contribution < 1.29 is 14.3 Å². The molecule has 0 heterocycles. The van der Waals surface area contributed by atoms with Crippen LogP contribution in [0.25, 0.3) is 0 Å². The normalized spacial score (nSPS) is 12.0. The van der Waals surface area contributed by atoms with Gasteiger partial charge in [-0.2, -0.15) is 0 Å². The van der Waals surface area contributed by atoms with Gasteiger partial charge >= 0.3 is 0 Å². The lowest BCUT2D eigenvalue weighted by Crippen LogP contribution is -2.30. The molecule has 1 amide bonds. The van der Waals surface area contributed by atoms with E-state index in [0.29, 0.717) is 35.5 Å². The van der Waals surface area contributed by atoms with Crippen molar-refractivity contribution in [1.82, 2.24) is 5.32 Å². The van der Waals surface area contributed by atoms with Gasteiger partial charge in [-0.05, 0) is 42.2 Å². The van der Waals surface area contributed by atoms with Crippen molar-refractivity contribution in [3.63, 3.8) is 0 Å². The second kappa shape index (κ2) is 7.92. The molecule has 0 aromatic heterocycles. The third-order valence-corrected chi connectivity index (χ3v) is 3.57. The number of hydrogen-bond acceptors (Lipinski definition) is 2. The predicted molar refractivity (Wildman–Crippen MR) is 84.1 cm³/mol. The highest BCUT2D eigenvalue weighted by molar-refractivity contribution is 6.30. The third kappa shape index (κ3) is 4.55. The van der Waals surface area contributed by atoms with Gasteiger partial charge in [0.05, 0.1) is 0 Å². The molecule has 5 heteroatoms. The minimum absolute atomic E-state index is 0.241. The van der Waals surface area contributed by atoms with Crippen molar-refractivity contribution >= 4 is 17.5 Å². The Balaban J connectivity index is 1.78. The van der Waals surface area contributed by atoms with E-state index in [0.717, 1.165) is 0 Å². The molecular formula is C17H17ClFNO2. The number of aliphatic hydroxyl groups excluding tert-OH is 1. The third-order valence-electron chi connectivity index (χ3n) is 3.31. The average molecular weight is 322 g/mol. The maximum Gasteiger partial charge on any atom is 0.253 e. The van der Waals surface area contributed by atoms with Crippen LogP contribution < -0.4 is 5.32 Å². The fourth-order valence-electron chi connectivity index (χ4n) is 2.08. The number of benzene rings is 2. The Morgan fingerprint density at radius 2 is 1.86 bits per heavy atom. The fourth-order valence-corrected chi connectivity index (χ4v) is 2.21. The van der Waals surface area contributed by atoms with Crippen LogP contribution >= 0.6 is 11.6 Å². The van der Waals surface area contributed by atoms with Gasteiger partial charge in [0.2, 0.25) is 0 Å². The van der Waals surface area contributed by atoms with Gasteiger partial charge in [-0.3, -0.25) is 4.79 Å². The first kappa shape index (κ1) is 16.5. The molecule has 2 rings (SSSR count). The van der Waals surface area contributed by atoms with Gasteiger partial charge in [0.25, 0.3) is 5.91 Å². The van der Waals surface area contributed by atoms with E-state index < -0.39 is 12.0 Å². The van der Waals surface area contributed by atoms with Crippen molar-refractivity contribution in [2.75, 3.05) is 6.54 Å². The summed E-state index contributed by atoms with van der Waals surface area (Å²) in [5.41, 5.74) is 1.10. The van der Waals surface area contributed by atoms with Gasteiger partial charge in [0, 0.05) is 11.6 Å². The van der Waals surface area contributed by atoms with Crippen LogP contribution in [0, 0.1) is 5.82 Å². The largest absolute Gasteiger partial charge is 0.378 e. The molecule has 2 N–H and O–H groups in total. The van der Waals surface area contributed by atoms with Gasteiger partial charge < -0.3 is 10.4 Å². The molecule has 2 aromatic rings. The van der Waals surface area contributed by atoms with Crippen LogP contribution in [-0.4, -0.2) is 17.6 Å². The van der Waals surface area contributed by atoms with E-state index >= 15 is 0 Å². The lowest BCUT2D eigenvalue weighted by Gasteiger charge is -2.12. The Kier molecular flexibility index (Phi) is 5.92. The van der Waals surface area contributed by atoms with Crippen molar-refractivity contribution in [2.45, 2.75) is 18.9 Å². The van der Waals surface area contributed by atoms with Crippen LogP contribution in [0.4, 0.5) is 4.39 Å². The van der Waals surface area contributed by atoms with Crippen LogP contribution in [0.5, 0.6) is 0 Å². The minimum Gasteiger partial charge on any atom is -0.378 e. The van der Waals surface area contributed by atoms with Gasteiger partial charge in [0.15, 0.2) is 6.10 Å². The zero-order valence-corrected chi connectivity index (χ0v) is 12.7. The molecule has 22 heavy (non-hydrogen) atoms. The van der Waals surface area contributed by atoms with Crippen LogP contribution in [0.1, 0.15) is 23.7 Å². The first-order valence-corrected chi connectivity index (χ1v) is 7.40. The van der Waals surface area contributed by atoms with E-state index in [-0.39, 0.29) is 5.82 Å². The Morgan fingerprint density at radius 1 is 1.18 bits per heavy atom. The zero-order chi connectivity index (χ0) is 15.9. The number of aliphatic hydroxyl groups is 1. The summed E-state index contributed by atoms with van der Waals surface area (Å²) in [5, 5.41) is 13.1. The van der Waals surface area contributed by atoms with Crippen molar-refractivity contribution in [3.8, 4) is 0 Å². The molecule has 1 unspecified atom stereocenters. The summed E-state index contributed by atoms with van der Waals surface area (Å²) in [6.45, 7) is 0.373. The lowest BCUT2D eigenvalue weighted by molar-refractivity contribution is -0.129. The van der Waals surface area contributed by atoms with Crippen molar-refractivity contribution in [1.29, 1.82) is 0 Å². The van der Waals surface area contributed by atoms with Gasteiger partial charge in [-0.25, -0.2) is 4.39 Å². The summed E-state index contributed by atoms with van der Waals surface area (Å²) in [7, 11) is 0. The highest BCUT2D eigenvalue weighted by atomic mass is 35.5. The zero-order valence-electron chi connectivity index (χ0n) is 11.9. The second-order valence-electron chi connectivity index (χ2n) is 4.94. The average Bonchev–Trinajstić information content (AvgIpc) is 2.53. The van der Waals surface area contributed by atoms with E-state index in [1.165, 1.54) is 6.07 Å². The first-order chi connectivity index (χ1) is 10.6. The van der Waals surface area contributed by atoms with Gasteiger partial charge in [0.1, 0.15) is 5.82 Å². The fraction of sp³-hybridized carbons (Fsp3) is 0.235. The number of amides is 1. The maximum atomic E-state index is 13.4. The Morgan fingerprint density at radius 3 is 2.55 bits per heavy atom.